The predicted molar refractivity (Wildman–Crippen MR) is 100 cm³/mol. The van der Waals surface area contributed by atoms with E-state index in [2.05, 4.69) is 29.9 Å². The molecule has 144 valence electrons. The van der Waals surface area contributed by atoms with Gasteiger partial charge in [0.1, 0.15) is 11.4 Å². The molecule has 3 aliphatic heterocycles. The average Bonchev–Trinajstić information content (AvgIpc) is 2.88. The van der Waals surface area contributed by atoms with Crippen LogP contribution in [0.5, 0.6) is 0 Å². The van der Waals surface area contributed by atoms with E-state index >= 15 is 0 Å². The Morgan fingerprint density at radius 1 is 1.14 bits per heavy atom. The van der Waals surface area contributed by atoms with Crippen LogP contribution in [0.3, 0.4) is 0 Å². The number of nitrogens with one attached hydrogen (secondary N) is 1. The summed E-state index contributed by atoms with van der Waals surface area (Å²) < 4.78 is 1.22. The molecule has 0 unspecified atom stereocenters. The number of aromatic nitrogens is 6. The van der Waals surface area contributed by atoms with E-state index in [1.807, 2.05) is 4.90 Å². The van der Waals surface area contributed by atoms with Gasteiger partial charge in [-0.15, -0.1) is 0 Å². The molecule has 6 heterocycles. The maximum Gasteiger partial charge on any atom is 0.286 e. The third kappa shape index (κ3) is 2.72. The van der Waals surface area contributed by atoms with Crippen LogP contribution in [0, 0.1) is 12.8 Å². The molecule has 3 aromatic heterocycles. The molecule has 2 bridgehead atoms. The van der Waals surface area contributed by atoms with Crippen molar-refractivity contribution in [1.82, 2.24) is 34.4 Å². The number of anilines is 1. The van der Waals surface area contributed by atoms with Gasteiger partial charge in [0.15, 0.2) is 0 Å². The number of amides is 1. The second kappa shape index (κ2) is 6.39. The first-order valence-electron chi connectivity index (χ1n) is 9.37. The van der Waals surface area contributed by atoms with Gasteiger partial charge in [-0.25, -0.2) is 15.0 Å². The van der Waals surface area contributed by atoms with Gasteiger partial charge in [-0.1, -0.05) is 0 Å². The van der Waals surface area contributed by atoms with Gasteiger partial charge in [0.25, 0.3) is 17.2 Å². The number of aryl methyl sites for hydroxylation is 1. The molecule has 3 fully saturated rings. The zero-order valence-electron chi connectivity index (χ0n) is 15.4. The highest BCUT2D eigenvalue weighted by molar-refractivity contribution is 5.94. The number of aromatic amines is 1. The summed E-state index contributed by atoms with van der Waals surface area (Å²) in [6.07, 6.45) is 6.75. The van der Waals surface area contributed by atoms with Crippen molar-refractivity contribution in [2.45, 2.75) is 25.8 Å². The molecule has 0 spiro atoms. The van der Waals surface area contributed by atoms with Gasteiger partial charge in [0.05, 0.1) is 0 Å². The molecule has 10 nitrogen and oxygen atoms in total. The average molecular weight is 380 g/mol. The molecule has 0 saturated carbocycles. The Balaban J connectivity index is 1.46. The van der Waals surface area contributed by atoms with Crippen molar-refractivity contribution >= 4 is 17.6 Å². The Bertz CT molecular complexity index is 1090. The molecule has 1 amide bonds. The Labute approximate surface area is 160 Å². The molecular formula is C18H20N8O2. The van der Waals surface area contributed by atoms with Crippen LogP contribution in [-0.2, 0) is 0 Å². The first-order valence-corrected chi connectivity index (χ1v) is 9.37. The maximum atomic E-state index is 13.2. The maximum absolute atomic E-state index is 13.2. The third-order valence-corrected chi connectivity index (χ3v) is 5.52. The van der Waals surface area contributed by atoms with Crippen molar-refractivity contribution in [2.24, 2.45) is 5.92 Å². The largest absolute Gasteiger partial charge is 0.338 e. The number of hydrogen-bond acceptors (Lipinski definition) is 7. The molecule has 0 aromatic carbocycles. The molecule has 6 rings (SSSR count). The highest BCUT2D eigenvalue weighted by atomic mass is 16.2. The number of H-pyrrole nitrogens is 1. The van der Waals surface area contributed by atoms with E-state index in [0.717, 1.165) is 19.4 Å². The quantitative estimate of drug-likeness (QED) is 0.678. The van der Waals surface area contributed by atoms with Crippen LogP contribution in [0.15, 0.2) is 29.5 Å². The monoisotopic (exact) mass is 380 g/mol. The van der Waals surface area contributed by atoms with E-state index in [1.54, 1.807) is 25.4 Å². The van der Waals surface area contributed by atoms with Crippen molar-refractivity contribution in [1.29, 1.82) is 0 Å². The predicted octanol–water partition coefficient (Wildman–Crippen LogP) is 0.257. The number of piperidine rings is 1. The molecular weight excluding hydrogens is 360 g/mol. The van der Waals surface area contributed by atoms with Gasteiger partial charge < -0.3 is 9.80 Å². The number of fused-ring (bicyclic) bond motifs is 5. The molecule has 0 aliphatic carbocycles. The van der Waals surface area contributed by atoms with Crippen molar-refractivity contribution in [3.05, 3.63) is 46.4 Å². The summed E-state index contributed by atoms with van der Waals surface area (Å²) >= 11 is 0. The summed E-state index contributed by atoms with van der Waals surface area (Å²) in [7, 11) is 0. The van der Waals surface area contributed by atoms with Crippen LogP contribution in [0.2, 0.25) is 0 Å². The van der Waals surface area contributed by atoms with Gasteiger partial charge in [-0.2, -0.15) is 9.50 Å². The van der Waals surface area contributed by atoms with Crippen LogP contribution in [-0.4, -0.2) is 66.0 Å². The fraction of sp³-hybridized carbons (Fsp3) is 0.444. The molecule has 3 aromatic rings. The standard InChI is InChI=1S/C18H20N8O2/c1-11-22-18-21-7-14(16(28)26(18)23-11)15(27)25-9-12-3-4-13(25)10-24(8-12)17-19-5-2-6-20-17/h2,5-7,12-13H,3-4,8-10H2,1H3,(H,21,22,23)/t12-,13+/m0/s1. The smallest absolute Gasteiger partial charge is 0.286 e. The molecule has 3 aliphatic rings. The Morgan fingerprint density at radius 2 is 1.96 bits per heavy atom. The van der Waals surface area contributed by atoms with E-state index in [1.165, 1.54) is 10.7 Å². The van der Waals surface area contributed by atoms with E-state index in [4.69, 9.17) is 0 Å². The summed E-state index contributed by atoms with van der Waals surface area (Å²) in [4.78, 5) is 47.0. The Morgan fingerprint density at radius 3 is 2.79 bits per heavy atom. The number of carbonyl (C=O) groups is 1. The number of hydrogen-bond donors (Lipinski definition) is 1. The highest BCUT2D eigenvalue weighted by Crippen LogP contribution is 2.30. The minimum atomic E-state index is -0.418. The van der Waals surface area contributed by atoms with Gasteiger partial charge in [0.2, 0.25) is 5.95 Å². The second-order valence-electron chi connectivity index (χ2n) is 7.43. The van der Waals surface area contributed by atoms with Crippen LogP contribution in [0.1, 0.15) is 29.0 Å². The highest BCUT2D eigenvalue weighted by Gasteiger charge is 2.39. The third-order valence-electron chi connectivity index (χ3n) is 5.52. The second-order valence-corrected chi connectivity index (χ2v) is 7.43. The van der Waals surface area contributed by atoms with Gasteiger partial charge in [-0.05, 0) is 31.7 Å². The van der Waals surface area contributed by atoms with Crippen LogP contribution >= 0.6 is 0 Å². The number of nitrogens with zero attached hydrogens (tertiary/aromatic N) is 7. The fourth-order valence-electron chi connectivity index (χ4n) is 4.21. The lowest BCUT2D eigenvalue weighted by atomic mass is 9.94. The molecule has 1 N–H and O–H groups in total. The minimum Gasteiger partial charge on any atom is -0.338 e. The lowest BCUT2D eigenvalue weighted by Gasteiger charge is -2.35. The zero-order chi connectivity index (χ0) is 19.3. The topological polar surface area (TPSA) is 112 Å². The van der Waals surface area contributed by atoms with Gasteiger partial charge in [-0.3, -0.25) is 14.7 Å². The van der Waals surface area contributed by atoms with Crippen molar-refractivity contribution in [3.8, 4) is 0 Å². The van der Waals surface area contributed by atoms with E-state index in [0.29, 0.717) is 30.8 Å². The Kier molecular flexibility index (Phi) is 3.85. The van der Waals surface area contributed by atoms with Crippen molar-refractivity contribution in [3.63, 3.8) is 0 Å². The number of rotatable bonds is 2. The first kappa shape index (κ1) is 16.8. The zero-order valence-corrected chi connectivity index (χ0v) is 15.4. The fourth-order valence-corrected chi connectivity index (χ4v) is 4.21. The first-order chi connectivity index (χ1) is 13.6. The summed E-state index contributed by atoms with van der Waals surface area (Å²) in [5.41, 5.74) is -0.352. The van der Waals surface area contributed by atoms with E-state index in [-0.39, 0.29) is 23.3 Å². The molecule has 10 heteroatoms. The lowest BCUT2D eigenvalue weighted by molar-refractivity contribution is 0.0589. The van der Waals surface area contributed by atoms with Crippen LogP contribution < -0.4 is 10.5 Å². The minimum absolute atomic E-state index is 0.0126. The Hall–Kier alpha value is -3.30. The summed E-state index contributed by atoms with van der Waals surface area (Å²) in [6.45, 7) is 3.83. The van der Waals surface area contributed by atoms with Gasteiger partial charge >= 0.3 is 0 Å². The van der Waals surface area contributed by atoms with E-state index in [9.17, 15) is 9.59 Å². The van der Waals surface area contributed by atoms with Crippen molar-refractivity contribution in [2.75, 3.05) is 24.5 Å². The normalized spacial score (nSPS) is 21.9. The SMILES string of the molecule is Cc1nc2ncc(C(=O)N3C[C@H]4CC[C@@H]3CN(c3ncccn3)C4)c(=O)n2[nH]1. The van der Waals surface area contributed by atoms with Crippen LogP contribution in [0.25, 0.3) is 5.78 Å². The summed E-state index contributed by atoms with van der Waals surface area (Å²) in [6, 6.07) is 1.80. The lowest BCUT2D eigenvalue weighted by Crippen LogP contribution is -2.49. The van der Waals surface area contributed by atoms with E-state index < -0.39 is 5.56 Å². The molecule has 3 saturated heterocycles. The van der Waals surface area contributed by atoms with Crippen LogP contribution in [0.4, 0.5) is 5.95 Å². The summed E-state index contributed by atoms with van der Waals surface area (Å²) in [5.74, 6) is 1.57. The van der Waals surface area contributed by atoms with Gasteiger partial charge in [0, 0.05) is 44.3 Å². The molecule has 2 atom stereocenters. The summed E-state index contributed by atoms with van der Waals surface area (Å²) in [5, 5.41) is 2.83. The number of carbonyl (C=O) groups excluding carboxylic acids is 1. The molecule has 28 heavy (non-hydrogen) atoms. The van der Waals surface area contributed by atoms with Crippen molar-refractivity contribution < 1.29 is 4.79 Å². The molecule has 0 radical (unpaired) electrons.